The molecule has 0 amide bonds. The van der Waals surface area contributed by atoms with E-state index in [1.54, 1.807) is 11.3 Å². The summed E-state index contributed by atoms with van der Waals surface area (Å²) in [5.74, 6) is 0. The molecule has 1 aromatic heterocycles. The van der Waals surface area contributed by atoms with E-state index in [0.29, 0.717) is 0 Å². The number of rotatable bonds is 1. The van der Waals surface area contributed by atoms with Gasteiger partial charge in [0.1, 0.15) is 0 Å². The number of thiophene rings is 1. The van der Waals surface area contributed by atoms with Gasteiger partial charge in [0.2, 0.25) is 0 Å². The van der Waals surface area contributed by atoms with Gasteiger partial charge in [-0.05, 0) is 34.2 Å². The summed E-state index contributed by atoms with van der Waals surface area (Å²) in [7, 11) is 0. The Morgan fingerprint density at radius 2 is 2.23 bits per heavy atom. The highest BCUT2D eigenvalue weighted by molar-refractivity contribution is 14.1. The molecule has 0 fully saturated rings. The maximum Gasteiger partial charge on any atom is 0.0852 e. The molecule has 1 aromatic carbocycles. The van der Waals surface area contributed by atoms with Crippen LogP contribution in [-0.4, -0.2) is 0 Å². The normalized spacial score (nSPS) is 11.0. The first-order valence-corrected chi connectivity index (χ1v) is 7.04. The fourth-order valence-corrected chi connectivity index (χ4v) is 3.73. The molecule has 0 aliphatic carbocycles. The molecule has 13 heavy (non-hydrogen) atoms. The Balaban J connectivity index is 2.73. The number of fused-ring (bicyclic) bond motifs is 1. The molecule has 0 bridgehead atoms. The lowest BCUT2D eigenvalue weighted by molar-refractivity contribution is 1.47. The summed E-state index contributed by atoms with van der Waals surface area (Å²) in [4.78, 5) is 0. The van der Waals surface area contributed by atoms with Crippen molar-refractivity contribution < 1.29 is 0 Å². The number of benzene rings is 1. The van der Waals surface area contributed by atoms with E-state index < -0.39 is 0 Å². The molecule has 0 spiro atoms. The van der Waals surface area contributed by atoms with Crippen LogP contribution in [0.3, 0.4) is 0 Å². The van der Waals surface area contributed by atoms with Crippen molar-refractivity contribution in [1.29, 1.82) is 0 Å². The standard InChI is InChI=1S/C9H5BrClIS/c10-4-5-1-2-6-7(3-5)13-9(12)8(6)11/h1-3H,4H2. The summed E-state index contributed by atoms with van der Waals surface area (Å²) in [6.07, 6.45) is 0. The smallest absolute Gasteiger partial charge is 0.0852 e. The molecule has 0 aliphatic heterocycles. The topological polar surface area (TPSA) is 0 Å². The summed E-state index contributed by atoms with van der Waals surface area (Å²) in [5.41, 5.74) is 1.29. The van der Waals surface area contributed by atoms with Crippen molar-refractivity contribution in [3.8, 4) is 0 Å². The minimum absolute atomic E-state index is 0.890. The molecule has 4 heteroatoms. The van der Waals surface area contributed by atoms with Gasteiger partial charge in [0, 0.05) is 15.4 Å². The average molecular weight is 387 g/mol. The Morgan fingerprint density at radius 3 is 2.92 bits per heavy atom. The lowest BCUT2D eigenvalue weighted by atomic mass is 10.2. The predicted molar refractivity (Wildman–Crippen MR) is 72.2 cm³/mol. The second-order valence-electron chi connectivity index (χ2n) is 2.65. The van der Waals surface area contributed by atoms with Gasteiger partial charge in [-0.3, -0.25) is 0 Å². The van der Waals surface area contributed by atoms with Crippen molar-refractivity contribution in [3.05, 3.63) is 31.7 Å². The number of alkyl halides is 1. The third-order valence-electron chi connectivity index (χ3n) is 1.81. The van der Waals surface area contributed by atoms with Crippen LogP contribution in [0.25, 0.3) is 10.1 Å². The highest BCUT2D eigenvalue weighted by Gasteiger charge is 2.07. The minimum atomic E-state index is 0.890. The molecule has 2 aromatic rings. The summed E-state index contributed by atoms with van der Waals surface area (Å²) < 4.78 is 2.44. The maximum absolute atomic E-state index is 6.13. The van der Waals surface area contributed by atoms with E-state index in [2.05, 4.69) is 56.7 Å². The van der Waals surface area contributed by atoms with Crippen molar-refractivity contribution in [2.45, 2.75) is 5.33 Å². The van der Waals surface area contributed by atoms with Crippen molar-refractivity contribution in [2.24, 2.45) is 0 Å². The second kappa shape index (κ2) is 4.04. The van der Waals surface area contributed by atoms with Gasteiger partial charge in [-0.25, -0.2) is 0 Å². The minimum Gasteiger partial charge on any atom is -0.128 e. The quantitative estimate of drug-likeness (QED) is 0.474. The maximum atomic E-state index is 6.13. The van der Waals surface area contributed by atoms with Crippen LogP contribution in [0, 0.1) is 2.88 Å². The second-order valence-corrected chi connectivity index (χ2v) is 6.46. The third-order valence-corrected chi connectivity index (χ3v) is 5.42. The van der Waals surface area contributed by atoms with Crippen LogP contribution < -0.4 is 0 Å². The van der Waals surface area contributed by atoms with Crippen LogP contribution >= 0.6 is 61.5 Å². The summed E-state index contributed by atoms with van der Waals surface area (Å²) >= 11 is 13.6. The lowest BCUT2D eigenvalue weighted by Gasteiger charge is -1.94. The molecule has 0 unspecified atom stereocenters. The highest BCUT2D eigenvalue weighted by atomic mass is 127. The Morgan fingerprint density at radius 1 is 1.46 bits per heavy atom. The van der Waals surface area contributed by atoms with E-state index in [1.165, 1.54) is 18.5 Å². The van der Waals surface area contributed by atoms with Gasteiger partial charge in [0.25, 0.3) is 0 Å². The van der Waals surface area contributed by atoms with Crippen molar-refractivity contribution in [2.75, 3.05) is 0 Å². The Bertz CT molecular complexity index is 452. The van der Waals surface area contributed by atoms with Crippen molar-refractivity contribution in [3.63, 3.8) is 0 Å². The number of halogens is 3. The molecular weight excluding hydrogens is 382 g/mol. The molecule has 1 heterocycles. The predicted octanol–water partition coefficient (Wildman–Crippen LogP) is 5.05. The van der Waals surface area contributed by atoms with Gasteiger partial charge in [-0.1, -0.05) is 39.7 Å². The van der Waals surface area contributed by atoms with Crippen LogP contribution in [0.5, 0.6) is 0 Å². The lowest BCUT2D eigenvalue weighted by Crippen LogP contribution is -1.74. The first-order chi connectivity index (χ1) is 6.22. The fourth-order valence-electron chi connectivity index (χ4n) is 1.16. The van der Waals surface area contributed by atoms with Gasteiger partial charge < -0.3 is 0 Å². The molecule has 0 saturated heterocycles. The zero-order valence-corrected chi connectivity index (χ0v) is 11.8. The highest BCUT2D eigenvalue weighted by Crippen LogP contribution is 2.36. The molecule has 0 radical (unpaired) electrons. The molecule has 0 N–H and O–H groups in total. The number of hydrogen-bond donors (Lipinski definition) is 0. The SMILES string of the molecule is Clc1c(I)sc2cc(CBr)ccc12. The first kappa shape index (κ1) is 10.2. The third kappa shape index (κ3) is 1.89. The van der Waals surface area contributed by atoms with E-state index in [-0.39, 0.29) is 0 Å². The average Bonchev–Trinajstić information content (AvgIpc) is 2.42. The van der Waals surface area contributed by atoms with Crippen LogP contribution in [0.4, 0.5) is 0 Å². The zero-order chi connectivity index (χ0) is 9.42. The molecule has 0 nitrogen and oxygen atoms in total. The summed E-state index contributed by atoms with van der Waals surface area (Å²) in [6, 6.07) is 6.38. The Kier molecular flexibility index (Phi) is 3.18. The van der Waals surface area contributed by atoms with Gasteiger partial charge in [0.05, 0.1) is 7.91 Å². The summed E-state index contributed by atoms with van der Waals surface area (Å²) in [5, 5.41) is 2.96. The van der Waals surface area contributed by atoms with E-state index >= 15 is 0 Å². The van der Waals surface area contributed by atoms with Crippen LogP contribution in [-0.2, 0) is 5.33 Å². The van der Waals surface area contributed by atoms with E-state index in [0.717, 1.165) is 10.4 Å². The number of hydrogen-bond acceptors (Lipinski definition) is 1. The van der Waals surface area contributed by atoms with Crippen LogP contribution in [0.1, 0.15) is 5.56 Å². The monoisotopic (exact) mass is 386 g/mol. The van der Waals surface area contributed by atoms with Gasteiger partial charge in [0.15, 0.2) is 0 Å². The van der Waals surface area contributed by atoms with Gasteiger partial charge >= 0.3 is 0 Å². The molecule has 68 valence electrons. The molecule has 0 saturated carbocycles. The van der Waals surface area contributed by atoms with Crippen molar-refractivity contribution in [1.82, 2.24) is 0 Å². The molecule has 0 atom stereocenters. The largest absolute Gasteiger partial charge is 0.128 e. The van der Waals surface area contributed by atoms with E-state index in [1.807, 2.05) is 0 Å². The van der Waals surface area contributed by atoms with Crippen molar-refractivity contribution >= 4 is 71.5 Å². The molecular formula is C9H5BrClIS. The summed E-state index contributed by atoms with van der Waals surface area (Å²) in [6.45, 7) is 0. The van der Waals surface area contributed by atoms with Gasteiger partial charge in [-0.15, -0.1) is 11.3 Å². The fraction of sp³-hybridized carbons (Fsp3) is 0.111. The zero-order valence-electron chi connectivity index (χ0n) is 6.48. The molecule has 0 aliphatic rings. The Labute approximate surface area is 108 Å². The van der Waals surface area contributed by atoms with Crippen LogP contribution in [0.2, 0.25) is 5.02 Å². The molecule has 2 rings (SSSR count). The first-order valence-electron chi connectivity index (χ1n) is 3.65. The van der Waals surface area contributed by atoms with Gasteiger partial charge in [-0.2, -0.15) is 0 Å². The van der Waals surface area contributed by atoms with E-state index in [9.17, 15) is 0 Å². The Hall–Kier alpha value is 0.680. The van der Waals surface area contributed by atoms with Crippen LogP contribution in [0.15, 0.2) is 18.2 Å². The van der Waals surface area contributed by atoms with E-state index in [4.69, 9.17) is 11.6 Å².